The summed E-state index contributed by atoms with van der Waals surface area (Å²) in [6.45, 7) is 5.44. The molecular formula is C19H25F3N2O4. The van der Waals surface area contributed by atoms with Crippen molar-refractivity contribution in [2.24, 2.45) is 29.1 Å². The molecule has 6 atom stereocenters. The topological polar surface area (TPSA) is 75.7 Å². The number of fused-ring (bicyclic) bond motifs is 3. The Morgan fingerprint density at radius 3 is 2.50 bits per heavy atom. The van der Waals surface area contributed by atoms with Gasteiger partial charge in [-0.3, -0.25) is 19.3 Å². The third kappa shape index (κ3) is 2.54. The summed E-state index contributed by atoms with van der Waals surface area (Å²) in [4.78, 5) is 38.3. The highest BCUT2D eigenvalue weighted by molar-refractivity contribution is 6.25. The van der Waals surface area contributed by atoms with Crippen molar-refractivity contribution in [3.8, 4) is 0 Å². The molecule has 0 aromatic carbocycles. The molecule has 2 aliphatic heterocycles. The number of nitrogens with one attached hydrogen (secondary N) is 1. The van der Waals surface area contributed by atoms with Crippen LogP contribution in [0.1, 0.15) is 40.0 Å². The Morgan fingerprint density at radius 1 is 1.25 bits per heavy atom. The lowest BCUT2D eigenvalue weighted by Crippen LogP contribution is -2.55. The minimum Gasteiger partial charge on any atom is -0.355 e. The van der Waals surface area contributed by atoms with Crippen LogP contribution in [0.25, 0.3) is 0 Å². The van der Waals surface area contributed by atoms with E-state index in [9.17, 15) is 27.6 Å². The van der Waals surface area contributed by atoms with Crippen LogP contribution in [0.15, 0.2) is 0 Å². The first-order chi connectivity index (χ1) is 12.9. The summed E-state index contributed by atoms with van der Waals surface area (Å²) >= 11 is 0. The minimum atomic E-state index is -4.83. The lowest BCUT2D eigenvalue weighted by atomic mass is 9.45. The van der Waals surface area contributed by atoms with Gasteiger partial charge in [-0.15, -0.1) is 0 Å². The fourth-order valence-electron chi connectivity index (χ4n) is 5.77. The van der Waals surface area contributed by atoms with Crippen LogP contribution in [-0.4, -0.2) is 53.6 Å². The molecule has 9 heteroatoms. The summed E-state index contributed by atoms with van der Waals surface area (Å²) in [5, 5.41) is 2.68. The zero-order valence-electron chi connectivity index (χ0n) is 16.1. The standard InChI is InChI=1S/C19H25F3N2O4/c1-17(2)10-5-4-9(11(17)6-10)7-23-14(26)12-13(25)18(3)8-28-16(19(20,21)22)24(18)15(12)27/h9-12,16H,4-8H2,1-3H3,(H,23,26). The number of ether oxygens (including phenoxy) is 1. The van der Waals surface area contributed by atoms with E-state index in [0.29, 0.717) is 23.3 Å². The second-order valence-corrected chi connectivity index (χ2v) is 9.43. The Labute approximate surface area is 161 Å². The highest BCUT2D eigenvalue weighted by atomic mass is 19.4. The highest BCUT2D eigenvalue weighted by Crippen LogP contribution is 2.61. The number of alkyl halides is 3. The normalized spacial score (nSPS) is 41.6. The van der Waals surface area contributed by atoms with E-state index >= 15 is 0 Å². The molecule has 5 aliphatic rings. The summed E-state index contributed by atoms with van der Waals surface area (Å²) in [7, 11) is 0. The molecule has 2 amide bonds. The Bertz CT molecular complexity index is 735. The maximum Gasteiger partial charge on any atom is 0.433 e. The summed E-state index contributed by atoms with van der Waals surface area (Å²) in [6, 6.07) is 0. The van der Waals surface area contributed by atoms with E-state index in [1.807, 2.05) is 0 Å². The summed E-state index contributed by atoms with van der Waals surface area (Å²) in [5.41, 5.74) is -1.53. The molecular weight excluding hydrogens is 377 g/mol. The van der Waals surface area contributed by atoms with Gasteiger partial charge < -0.3 is 10.1 Å². The Balaban J connectivity index is 1.45. The van der Waals surface area contributed by atoms with Gasteiger partial charge >= 0.3 is 6.18 Å². The Kier molecular flexibility index (Phi) is 4.17. The van der Waals surface area contributed by atoms with Crippen molar-refractivity contribution >= 4 is 17.6 Å². The van der Waals surface area contributed by atoms with Crippen LogP contribution in [0.2, 0.25) is 0 Å². The second kappa shape index (κ2) is 5.93. The van der Waals surface area contributed by atoms with Gasteiger partial charge in [-0.25, -0.2) is 0 Å². The average molecular weight is 402 g/mol. The fraction of sp³-hybridized carbons (Fsp3) is 0.842. The predicted octanol–water partition coefficient (Wildman–Crippen LogP) is 1.88. The molecule has 2 heterocycles. The zero-order chi connectivity index (χ0) is 20.6. The molecule has 3 saturated carbocycles. The molecule has 2 bridgehead atoms. The van der Waals surface area contributed by atoms with Crippen LogP contribution >= 0.6 is 0 Å². The summed E-state index contributed by atoms with van der Waals surface area (Å²) in [5.74, 6) is -3.04. The molecule has 0 aromatic rings. The smallest absolute Gasteiger partial charge is 0.355 e. The lowest BCUT2D eigenvalue weighted by Gasteiger charge is -2.60. The van der Waals surface area contributed by atoms with Crippen molar-refractivity contribution in [2.45, 2.75) is 58.0 Å². The maximum absolute atomic E-state index is 13.2. The van der Waals surface area contributed by atoms with Gasteiger partial charge in [0.05, 0.1) is 6.61 Å². The van der Waals surface area contributed by atoms with Gasteiger partial charge in [-0.05, 0) is 49.4 Å². The number of hydrogen-bond acceptors (Lipinski definition) is 4. The van der Waals surface area contributed by atoms with E-state index in [1.165, 1.54) is 6.92 Å². The van der Waals surface area contributed by atoms with Crippen LogP contribution in [0.4, 0.5) is 13.2 Å². The molecule has 5 rings (SSSR count). The average Bonchev–Trinajstić information content (AvgIpc) is 3.06. The van der Waals surface area contributed by atoms with Gasteiger partial charge in [0, 0.05) is 6.54 Å². The molecule has 1 N–H and O–H groups in total. The van der Waals surface area contributed by atoms with E-state index in [-0.39, 0.29) is 11.3 Å². The number of ketones is 1. The maximum atomic E-state index is 13.2. The molecule has 5 fully saturated rings. The lowest BCUT2D eigenvalue weighted by molar-refractivity contribution is -0.239. The molecule has 2 saturated heterocycles. The van der Waals surface area contributed by atoms with Crippen molar-refractivity contribution in [1.29, 1.82) is 0 Å². The van der Waals surface area contributed by atoms with E-state index in [2.05, 4.69) is 23.9 Å². The predicted molar refractivity (Wildman–Crippen MR) is 90.7 cm³/mol. The van der Waals surface area contributed by atoms with Crippen LogP contribution in [0.5, 0.6) is 0 Å². The first-order valence-corrected chi connectivity index (χ1v) is 9.72. The first kappa shape index (κ1) is 19.7. The van der Waals surface area contributed by atoms with Crippen LogP contribution in [-0.2, 0) is 19.1 Å². The quantitative estimate of drug-likeness (QED) is 0.732. The Hall–Kier alpha value is -1.64. The minimum absolute atomic E-state index is 0.222. The largest absolute Gasteiger partial charge is 0.433 e. The highest BCUT2D eigenvalue weighted by Gasteiger charge is 2.68. The molecule has 0 spiro atoms. The Morgan fingerprint density at radius 2 is 1.93 bits per heavy atom. The zero-order valence-corrected chi connectivity index (χ0v) is 16.1. The molecule has 6 unspecified atom stereocenters. The number of carbonyl (C=O) groups excluding carboxylic acids is 3. The molecule has 0 aromatic heterocycles. The third-order valence-corrected chi connectivity index (χ3v) is 7.65. The second-order valence-electron chi connectivity index (χ2n) is 9.43. The number of hydrogen-bond donors (Lipinski definition) is 1. The van der Waals surface area contributed by atoms with Crippen molar-refractivity contribution in [3.63, 3.8) is 0 Å². The van der Waals surface area contributed by atoms with Crippen molar-refractivity contribution < 1.29 is 32.3 Å². The SMILES string of the molecule is CC1(C)C2CCC(CNC(=O)C3C(=O)N4C(C(F)(F)F)OCC4(C)C3=O)C1C2. The van der Waals surface area contributed by atoms with Gasteiger partial charge in [0.2, 0.25) is 18.0 Å². The van der Waals surface area contributed by atoms with Gasteiger partial charge in [-0.2, -0.15) is 13.2 Å². The van der Waals surface area contributed by atoms with Crippen LogP contribution < -0.4 is 5.32 Å². The van der Waals surface area contributed by atoms with Crippen molar-refractivity contribution in [2.75, 3.05) is 13.2 Å². The number of nitrogens with zero attached hydrogens (tertiary/aromatic N) is 1. The van der Waals surface area contributed by atoms with Gasteiger partial charge in [0.25, 0.3) is 0 Å². The van der Waals surface area contributed by atoms with E-state index < -0.39 is 48.1 Å². The molecule has 28 heavy (non-hydrogen) atoms. The molecule has 0 radical (unpaired) electrons. The summed E-state index contributed by atoms with van der Waals surface area (Å²) in [6.07, 6.45) is -4.14. The fourth-order valence-corrected chi connectivity index (χ4v) is 5.77. The van der Waals surface area contributed by atoms with E-state index in [4.69, 9.17) is 0 Å². The first-order valence-electron chi connectivity index (χ1n) is 9.72. The van der Waals surface area contributed by atoms with E-state index in [0.717, 1.165) is 19.3 Å². The number of rotatable bonds is 3. The van der Waals surface area contributed by atoms with Gasteiger partial charge in [0.15, 0.2) is 11.7 Å². The molecule has 156 valence electrons. The number of halogens is 3. The number of carbonyl (C=O) groups is 3. The van der Waals surface area contributed by atoms with Crippen LogP contribution in [0, 0.1) is 29.1 Å². The molecule has 6 nitrogen and oxygen atoms in total. The van der Waals surface area contributed by atoms with E-state index in [1.54, 1.807) is 0 Å². The monoisotopic (exact) mass is 402 g/mol. The van der Waals surface area contributed by atoms with Crippen molar-refractivity contribution in [1.82, 2.24) is 10.2 Å². The third-order valence-electron chi connectivity index (χ3n) is 7.65. The van der Waals surface area contributed by atoms with Crippen molar-refractivity contribution in [3.05, 3.63) is 0 Å². The summed E-state index contributed by atoms with van der Waals surface area (Å²) < 4.78 is 44.2. The van der Waals surface area contributed by atoms with Gasteiger partial charge in [-0.1, -0.05) is 13.8 Å². The van der Waals surface area contributed by atoms with Gasteiger partial charge in [0.1, 0.15) is 5.54 Å². The van der Waals surface area contributed by atoms with Crippen LogP contribution in [0.3, 0.4) is 0 Å². The number of amides is 2. The molecule has 3 aliphatic carbocycles. The number of Topliss-reactive ketones (excluding diaryl/α,β-unsaturated/α-hetero) is 1.